The highest BCUT2D eigenvalue weighted by Crippen LogP contribution is 2.38. The fraction of sp³-hybridized carbons (Fsp3) is 0.938. The molecule has 1 saturated carbocycles. The van der Waals surface area contributed by atoms with Crippen LogP contribution in [0.1, 0.15) is 46.5 Å². The Bertz CT molecular complexity index is 376. The lowest BCUT2D eigenvalue weighted by Gasteiger charge is -2.34. The van der Waals surface area contributed by atoms with Crippen molar-refractivity contribution >= 4 is 5.91 Å². The maximum atomic E-state index is 12.8. The Labute approximate surface area is 122 Å². The smallest absolute Gasteiger partial charge is 0.239 e. The number of rotatable bonds is 2. The summed E-state index contributed by atoms with van der Waals surface area (Å²) in [5.41, 5.74) is 6.18. The van der Waals surface area contributed by atoms with Gasteiger partial charge >= 0.3 is 0 Å². The Hall–Kier alpha value is -0.610. The molecule has 0 aromatic rings. The van der Waals surface area contributed by atoms with Crippen molar-refractivity contribution in [1.82, 2.24) is 9.80 Å². The molecule has 114 valence electrons. The summed E-state index contributed by atoms with van der Waals surface area (Å²) in [5.74, 6) is 1.54. The second-order valence-electron chi connectivity index (χ2n) is 7.31. The van der Waals surface area contributed by atoms with Crippen LogP contribution >= 0.6 is 0 Å². The number of hydrogen-bond donors (Lipinski definition) is 1. The number of nitrogens with two attached hydrogens (primary N) is 1. The van der Waals surface area contributed by atoms with Gasteiger partial charge in [0.05, 0.1) is 6.04 Å². The maximum Gasteiger partial charge on any atom is 0.239 e. The average Bonchev–Trinajstić information content (AvgIpc) is 3.06. The molecule has 0 aromatic heterocycles. The third-order valence-electron chi connectivity index (χ3n) is 6.05. The third-order valence-corrected chi connectivity index (χ3v) is 6.05. The van der Waals surface area contributed by atoms with Crippen LogP contribution in [-0.4, -0.2) is 53.0 Å². The highest BCUT2D eigenvalue weighted by Gasteiger charge is 2.44. The summed E-state index contributed by atoms with van der Waals surface area (Å²) in [6, 6.07) is 1.41. The van der Waals surface area contributed by atoms with Gasteiger partial charge in [-0.2, -0.15) is 0 Å². The highest BCUT2D eigenvalue weighted by molar-refractivity contribution is 5.82. The van der Waals surface area contributed by atoms with E-state index in [1.165, 1.54) is 19.3 Å². The van der Waals surface area contributed by atoms with E-state index in [9.17, 15) is 4.79 Å². The number of fused-ring (bicyclic) bond motifs is 1. The normalized spacial score (nSPS) is 43.0. The molecule has 6 atom stereocenters. The van der Waals surface area contributed by atoms with Crippen molar-refractivity contribution in [3.63, 3.8) is 0 Å². The summed E-state index contributed by atoms with van der Waals surface area (Å²) in [6.45, 7) is 8.43. The first-order chi connectivity index (χ1) is 9.49. The van der Waals surface area contributed by atoms with Gasteiger partial charge in [0.25, 0.3) is 0 Å². The van der Waals surface area contributed by atoms with Crippen LogP contribution in [0.4, 0.5) is 0 Å². The molecule has 6 unspecified atom stereocenters. The van der Waals surface area contributed by atoms with Crippen molar-refractivity contribution in [3.05, 3.63) is 0 Å². The molecule has 2 N–H and O–H groups in total. The summed E-state index contributed by atoms with van der Waals surface area (Å²) in [4.78, 5) is 17.3. The Balaban J connectivity index is 1.65. The quantitative estimate of drug-likeness (QED) is 0.832. The van der Waals surface area contributed by atoms with Gasteiger partial charge < -0.3 is 10.6 Å². The van der Waals surface area contributed by atoms with E-state index < -0.39 is 0 Å². The molecule has 20 heavy (non-hydrogen) atoms. The van der Waals surface area contributed by atoms with Gasteiger partial charge in [0.1, 0.15) is 0 Å². The summed E-state index contributed by atoms with van der Waals surface area (Å²) >= 11 is 0. The van der Waals surface area contributed by atoms with Crippen molar-refractivity contribution in [2.45, 2.75) is 70.6 Å². The van der Waals surface area contributed by atoms with E-state index in [0.29, 0.717) is 35.9 Å². The van der Waals surface area contributed by atoms with E-state index in [1.54, 1.807) is 0 Å². The minimum Gasteiger partial charge on any atom is -0.341 e. The Morgan fingerprint density at radius 1 is 1.10 bits per heavy atom. The lowest BCUT2D eigenvalue weighted by molar-refractivity contribution is -0.136. The molecule has 1 amide bonds. The second kappa shape index (κ2) is 5.30. The standard InChI is InChI=1S/C16H29N3O/c1-10-4-5-11(2)19(10)12(3)16(20)18-8-13-6-7-15(17)14(13)9-18/h10-15H,4-9,17H2,1-3H3. The minimum atomic E-state index is 0.0255. The molecule has 4 nitrogen and oxygen atoms in total. The Morgan fingerprint density at radius 3 is 2.35 bits per heavy atom. The zero-order valence-corrected chi connectivity index (χ0v) is 13.1. The topological polar surface area (TPSA) is 49.6 Å². The van der Waals surface area contributed by atoms with Crippen LogP contribution < -0.4 is 5.73 Å². The van der Waals surface area contributed by atoms with Crippen molar-refractivity contribution in [3.8, 4) is 0 Å². The van der Waals surface area contributed by atoms with Crippen LogP contribution in [0.25, 0.3) is 0 Å². The number of amides is 1. The number of likely N-dealkylation sites (tertiary alicyclic amines) is 2. The predicted molar refractivity (Wildman–Crippen MR) is 80.2 cm³/mol. The van der Waals surface area contributed by atoms with Gasteiger partial charge in [0.15, 0.2) is 0 Å². The number of carbonyl (C=O) groups is 1. The minimum absolute atomic E-state index is 0.0255. The predicted octanol–water partition coefficient (Wildman–Crippen LogP) is 1.44. The van der Waals surface area contributed by atoms with E-state index in [2.05, 4.69) is 30.6 Å². The van der Waals surface area contributed by atoms with E-state index in [-0.39, 0.29) is 6.04 Å². The van der Waals surface area contributed by atoms with Gasteiger partial charge in [0.2, 0.25) is 5.91 Å². The van der Waals surface area contributed by atoms with Crippen molar-refractivity contribution in [2.24, 2.45) is 17.6 Å². The fourth-order valence-electron chi connectivity index (χ4n) is 4.86. The van der Waals surface area contributed by atoms with Crippen molar-refractivity contribution < 1.29 is 4.79 Å². The van der Waals surface area contributed by atoms with Gasteiger partial charge in [-0.25, -0.2) is 0 Å². The molecule has 3 aliphatic rings. The van der Waals surface area contributed by atoms with Gasteiger partial charge in [-0.1, -0.05) is 0 Å². The largest absolute Gasteiger partial charge is 0.341 e. The first-order valence-corrected chi connectivity index (χ1v) is 8.30. The lowest BCUT2D eigenvalue weighted by atomic mass is 9.98. The first kappa shape index (κ1) is 14.3. The average molecular weight is 279 g/mol. The molecule has 3 fully saturated rings. The van der Waals surface area contributed by atoms with Crippen LogP contribution in [0.5, 0.6) is 0 Å². The molecule has 1 aliphatic carbocycles. The summed E-state index contributed by atoms with van der Waals surface area (Å²) in [7, 11) is 0. The molecular formula is C16H29N3O. The second-order valence-corrected chi connectivity index (χ2v) is 7.31. The van der Waals surface area contributed by atoms with Crippen LogP contribution in [0.3, 0.4) is 0 Å². The maximum absolute atomic E-state index is 12.8. The molecule has 0 radical (unpaired) electrons. The molecule has 0 bridgehead atoms. The lowest BCUT2D eigenvalue weighted by Crippen LogP contribution is -2.50. The van der Waals surface area contributed by atoms with Crippen LogP contribution in [0.15, 0.2) is 0 Å². The van der Waals surface area contributed by atoms with Gasteiger partial charge in [0, 0.05) is 31.2 Å². The number of hydrogen-bond acceptors (Lipinski definition) is 3. The van der Waals surface area contributed by atoms with Crippen molar-refractivity contribution in [2.75, 3.05) is 13.1 Å². The SMILES string of the molecule is CC1CCC(C)N1C(C)C(=O)N1CC2CCC(N)C2C1. The van der Waals surface area contributed by atoms with E-state index in [0.717, 1.165) is 19.5 Å². The fourth-order valence-corrected chi connectivity index (χ4v) is 4.86. The van der Waals surface area contributed by atoms with Crippen LogP contribution in [-0.2, 0) is 4.79 Å². The molecule has 3 rings (SSSR count). The van der Waals surface area contributed by atoms with Crippen molar-refractivity contribution in [1.29, 1.82) is 0 Å². The number of nitrogens with zero attached hydrogens (tertiary/aromatic N) is 2. The van der Waals surface area contributed by atoms with E-state index in [1.807, 2.05) is 0 Å². The molecule has 2 aliphatic heterocycles. The summed E-state index contributed by atoms with van der Waals surface area (Å²) in [6.07, 6.45) is 4.79. The monoisotopic (exact) mass is 279 g/mol. The molecule has 2 saturated heterocycles. The Kier molecular flexibility index (Phi) is 3.80. The molecule has 0 spiro atoms. The molecule has 4 heteroatoms. The molecule has 2 heterocycles. The zero-order valence-electron chi connectivity index (χ0n) is 13.1. The highest BCUT2D eigenvalue weighted by atomic mass is 16.2. The van der Waals surface area contributed by atoms with Gasteiger partial charge in [-0.15, -0.1) is 0 Å². The van der Waals surface area contributed by atoms with E-state index >= 15 is 0 Å². The summed E-state index contributed by atoms with van der Waals surface area (Å²) in [5, 5.41) is 0. The first-order valence-electron chi connectivity index (χ1n) is 8.30. The third kappa shape index (κ3) is 2.27. The number of carbonyl (C=O) groups excluding carboxylic acids is 1. The van der Waals surface area contributed by atoms with E-state index in [4.69, 9.17) is 5.73 Å². The van der Waals surface area contributed by atoms with Gasteiger partial charge in [-0.05, 0) is 58.3 Å². The van der Waals surface area contributed by atoms with Gasteiger partial charge in [-0.3, -0.25) is 9.69 Å². The zero-order chi connectivity index (χ0) is 14.4. The molecule has 0 aromatic carbocycles. The van der Waals surface area contributed by atoms with Crippen LogP contribution in [0, 0.1) is 11.8 Å². The summed E-state index contributed by atoms with van der Waals surface area (Å²) < 4.78 is 0. The Morgan fingerprint density at radius 2 is 1.75 bits per heavy atom. The molecular weight excluding hydrogens is 250 g/mol. The van der Waals surface area contributed by atoms with Crippen LogP contribution in [0.2, 0.25) is 0 Å².